The van der Waals surface area contributed by atoms with Crippen LogP contribution in [0.1, 0.15) is 5.56 Å². The van der Waals surface area contributed by atoms with Crippen molar-refractivity contribution in [1.82, 2.24) is 0 Å². The Kier molecular flexibility index (Phi) is 9.28. The number of hydrogen-bond acceptors (Lipinski definition) is 13. The van der Waals surface area contributed by atoms with E-state index >= 15 is 0 Å². The molecule has 0 radical (unpaired) electrons. The summed E-state index contributed by atoms with van der Waals surface area (Å²) < 4.78 is 33.3. The summed E-state index contributed by atoms with van der Waals surface area (Å²) in [5.41, 5.74) is -1.37. The lowest BCUT2D eigenvalue weighted by molar-refractivity contribution is -0.319. The van der Waals surface area contributed by atoms with Crippen LogP contribution in [0.2, 0.25) is 0 Å². The van der Waals surface area contributed by atoms with Gasteiger partial charge in [0.15, 0.2) is 23.9 Å². The minimum atomic E-state index is -1.99. The van der Waals surface area contributed by atoms with Crippen molar-refractivity contribution in [3.63, 3.8) is 0 Å². The zero-order chi connectivity index (χ0) is 25.8. The first-order valence-electron chi connectivity index (χ1n) is 10.8. The molecule has 35 heavy (non-hydrogen) atoms. The first-order valence-corrected chi connectivity index (χ1v) is 10.8. The van der Waals surface area contributed by atoms with Gasteiger partial charge in [0, 0.05) is 0 Å². The van der Waals surface area contributed by atoms with Crippen molar-refractivity contribution >= 4 is 6.08 Å². The molecule has 2 heterocycles. The SMILES string of the molecule is COc1cc(/C=C/CO)cc(OC)c1O[C@@H]1O[C@H](CO)[C@@H](O)[C@H](O)[C@H]1O[C@@H]1OC[C@](O)(CO)[C@H]1O. The fraction of sp³-hybridized carbons (Fsp3) is 0.636. The summed E-state index contributed by atoms with van der Waals surface area (Å²) >= 11 is 0. The van der Waals surface area contributed by atoms with Gasteiger partial charge in [0.1, 0.15) is 30.0 Å². The maximum atomic E-state index is 10.7. The van der Waals surface area contributed by atoms with E-state index in [1.807, 2.05) is 0 Å². The van der Waals surface area contributed by atoms with Gasteiger partial charge in [0.05, 0.1) is 40.6 Å². The number of benzene rings is 1. The van der Waals surface area contributed by atoms with Crippen LogP contribution in [0.4, 0.5) is 0 Å². The van der Waals surface area contributed by atoms with Crippen LogP contribution < -0.4 is 14.2 Å². The Morgan fingerprint density at radius 1 is 1.03 bits per heavy atom. The Hall–Kier alpha value is -2.04. The van der Waals surface area contributed by atoms with E-state index in [9.17, 15) is 30.6 Å². The number of rotatable bonds is 10. The molecule has 2 aliphatic heterocycles. The molecule has 13 nitrogen and oxygen atoms in total. The molecule has 0 bridgehead atoms. The zero-order valence-corrected chi connectivity index (χ0v) is 19.3. The van der Waals surface area contributed by atoms with Gasteiger partial charge in [-0.2, -0.15) is 0 Å². The second kappa shape index (κ2) is 11.8. The summed E-state index contributed by atoms with van der Waals surface area (Å²) in [6, 6.07) is 3.17. The first kappa shape index (κ1) is 27.5. The van der Waals surface area contributed by atoms with E-state index in [1.165, 1.54) is 20.3 Å². The molecular weight excluding hydrogens is 472 g/mol. The van der Waals surface area contributed by atoms with Gasteiger partial charge in [0.2, 0.25) is 12.0 Å². The molecular formula is C22H32O13. The zero-order valence-electron chi connectivity index (χ0n) is 19.3. The molecule has 0 aliphatic carbocycles. The Bertz CT molecular complexity index is 839. The van der Waals surface area contributed by atoms with E-state index in [0.717, 1.165) is 0 Å². The molecule has 8 atom stereocenters. The normalized spacial score (nSPS) is 35.4. The van der Waals surface area contributed by atoms with E-state index < -0.39 is 68.5 Å². The van der Waals surface area contributed by atoms with Crippen molar-refractivity contribution in [2.24, 2.45) is 0 Å². The summed E-state index contributed by atoms with van der Waals surface area (Å²) in [5, 5.41) is 69.6. The molecule has 0 amide bonds. The number of methoxy groups -OCH3 is 2. The average molecular weight is 504 g/mol. The maximum Gasteiger partial charge on any atom is 0.230 e. The van der Waals surface area contributed by atoms with Gasteiger partial charge in [-0.15, -0.1) is 0 Å². The molecule has 7 N–H and O–H groups in total. The summed E-state index contributed by atoms with van der Waals surface area (Å²) in [7, 11) is 2.76. The summed E-state index contributed by atoms with van der Waals surface area (Å²) in [6.45, 7) is -2.09. The number of ether oxygens (including phenoxy) is 6. The Morgan fingerprint density at radius 2 is 1.69 bits per heavy atom. The van der Waals surface area contributed by atoms with E-state index in [4.69, 9.17) is 33.5 Å². The second-order valence-electron chi connectivity index (χ2n) is 8.15. The predicted octanol–water partition coefficient (Wildman–Crippen LogP) is -2.65. The highest BCUT2D eigenvalue weighted by atomic mass is 16.8. The Morgan fingerprint density at radius 3 is 2.20 bits per heavy atom. The van der Waals surface area contributed by atoms with Crippen LogP contribution >= 0.6 is 0 Å². The molecule has 0 aromatic heterocycles. The third-order valence-corrected chi connectivity index (χ3v) is 5.83. The highest BCUT2D eigenvalue weighted by Gasteiger charge is 2.53. The summed E-state index contributed by atoms with van der Waals surface area (Å²) in [6.07, 6.45) is -7.54. The van der Waals surface area contributed by atoms with E-state index in [-0.39, 0.29) is 23.9 Å². The Balaban J connectivity index is 1.93. The van der Waals surface area contributed by atoms with Crippen LogP contribution in [-0.2, 0) is 14.2 Å². The van der Waals surface area contributed by atoms with Crippen LogP contribution in [0.15, 0.2) is 18.2 Å². The fourth-order valence-corrected chi connectivity index (χ4v) is 3.78. The number of aliphatic hydroxyl groups is 7. The topological polar surface area (TPSA) is 197 Å². The van der Waals surface area contributed by atoms with Gasteiger partial charge in [-0.05, 0) is 17.7 Å². The molecule has 2 fully saturated rings. The van der Waals surface area contributed by atoms with E-state index in [0.29, 0.717) is 5.56 Å². The van der Waals surface area contributed by atoms with Crippen LogP contribution in [0.5, 0.6) is 17.2 Å². The minimum Gasteiger partial charge on any atom is -0.493 e. The lowest BCUT2D eigenvalue weighted by Crippen LogP contribution is -2.62. The summed E-state index contributed by atoms with van der Waals surface area (Å²) in [5.74, 6) is 0.421. The quantitative estimate of drug-likeness (QED) is 0.175. The second-order valence-corrected chi connectivity index (χ2v) is 8.15. The molecule has 0 unspecified atom stereocenters. The largest absolute Gasteiger partial charge is 0.493 e. The van der Waals surface area contributed by atoms with Crippen LogP contribution in [0.3, 0.4) is 0 Å². The van der Waals surface area contributed by atoms with Crippen LogP contribution in [-0.4, -0.2) is 125 Å². The third kappa shape index (κ3) is 5.70. The average Bonchev–Trinajstić information content (AvgIpc) is 3.16. The van der Waals surface area contributed by atoms with Crippen molar-refractivity contribution < 1.29 is 64.2 Å². The van der Waals surface area contributed by atoms with E-state index in [2.05, 4.69) is 0 Å². The molecule has 2 saturated heterocycles. The van der Waals surface area contributed by atoms with Gasteiger partial charge < -0.3 is 64.2 Å². The van der Waals surface area contributed by atoms with Gasteiger partial charge in [-0.3, -0.25) is 0 Å². The van der Waals surface area contributed by atoms with Gasteiger partial charge >= 0.3 is 0 Å². The maximum absolute atomic E-state index is 10.7. The summed E-state index contributed by atoms with van der Waals surface area (Å²) in [4.78, 5) is 0. The van der Waals surface area contributed by atoms with Crippen molar-refractivity contribution in [3.8, 4) is 17.2 Å². The predicted molar refractivity (Wildman–Crippen MR) is 117 cm³/mol. The fourth-order valence-electron chi connectivity index (χ4n) is 3.78. The van der Waals surface area contributed by atoms with Crippen molar-refractivity contribution in [3.05, 3.63) is 23.8 Å². The molecule has 1 aromatic carbocycles. The molecule has 3 rings (SSSR count). The number of aliphatic hydroxyl groups excluding tert-OH is 6. The smallest absolute Gasteiger partial charge is 0.230 e. The lowest BCUT2D eigenvalue weighted by Gasteiger charge is -2.42. The standard InChI is InChI=1S/C22H32O13/c1-30-12-6-11(4-3-5-23)7-13(31-2)17(12)34-20-18(16(27)15(26)14(8-24)33-20)35-21-19(28)22(29,9-25)10-32-21/h3-4,6-7,14-16,18-21,23-29H,5,8-10H2,1-2H3/b4-3+/t14-,15-,16+,18-,19+,20+,21+,22-/m1/s1. The van der Waals surface area contributed by atoms with Crippen molar-refractivity contribution in [2.75, 3.05) is 40.6 Å². The van der Waals surface area contributed by atoms with Gasteiger partial charge in [-0.25, -0.2) is 0 Å². The number of hydrogen-bond donors (Lipinski definition) is 7. The molecule has 2 aliphatic rings. The Labute approximate surface area is 201 Å². The molecule has 198 valence electrons. The lowest BCUT2D eigenvalue weighted by atomic mass is 9.98. The monoisotopic (exact) mass is 504 g/mol. The van der Waals surface area contributed by atoms with Gasteiger partial charge in [0.25, 0.3) is 0 Å². The molecule has 13 heteroatoms. The van der Waals surface area contributed by atoms with Crippen molar-refractivity contribution in [1.29, 1.82) is 0 Å². The van der Waals surface area contributed by atoms with E-state index in [1.54, 1.807) is 18.2 Å². The van der Waals surface area contributed by atoms with Gasteiger partial charge in [-0.1, -0.05) is 12.2 Å². The molecule has 0 spiro atoms. The van der Waals surface area contributed by atoms with Crippen molar-refractivity contribution in [2.45, 2.75) is 48.7 Å². The minimum absolute atomic E-state index is 0.0368. The molecule has 1 aromatic rings. The third-order valence-electron chi connectivity index (χ3n) is 5.83. The highest BCUT2D eigenvalue weighted by Crippen LogP contribution is 2.41. The first-order chi connectivity index (χ1) is 16.7. The van der Waals surface area contributed by atoms with Crippen LogP contribution in [0.25, 0.3) is 6.08 Å². The van der Waals surface area contributed by atoms with Crippen LogP contribution in [0, 0.1) is 0 Å². The molecule has 0 saturated carbocycles. The highest BCUT2D eigenvalue weighted by molar-refractivity contribution is 5.62.